The molecular weight excluding hydrogens is 204 g/mol. The molecule has 0 aromatic heterocycles. The maximum atomic E-state index is 11.3. The first-order chi connectivity index (χ1) is 7.72. The number of hydrogen-bond donors (Lipinski definition) is 1. The van der Waals surface area contributed by atoms with Gasteiger partial charge in [-0.1, -0.05) is 18.6 Å². The van der Waals surface area contributed by atoms with E-state index in [9.17, 15) is 9.90 Å². The SMILES string of the molecule is COC(=O)c1cccc(C(O)C2CCC2)c1. The average Bonchev–Trinajstić information content (AvgIpc) is 2.26. The zero-order valence-corrected chi connectivity index (χ0v) is 9.35. The Bertz CT molecular complexity index is 383. The van der Waals surface area contributed by atoms with Crippen LogP contribution in [0.4, 0.5) is 0 Å². The molecule has 86 valence electrons. The summed E-state index contributed by atoms with van der Waals surface area (Å²) < 4.78 is 4.65. The van der Waals surface area contributed by atoms with Gasteiger partial charge >= 0.3 is 5.97 Å². The predicted octanol–water partition coefficient (Wildman–Crippen LogP) is 2.31. The van der Waals surface area contributed by atoms with Crippen LogP contribution >= 0.6 is 0 Å². The zero-order valence-electron chi connectivity index (χ0n) is 9.35. The van der Waals surface area contributed by atoms with Gasteiger partial charge in [-0.15, -0.1) is 0 Å². The van der Waals surface area contributed by atoms with Crippen molar-refractivity contribution in [1.29, 1.82) is 0 Å². The Kier molecular flexibility index (Phi) is 3.25. The number of benzene rings is 1. The molecule has 2 rings (SSSR count). The lowest BCUT2D eigenvalue weighted by Crippen LogP contribution is -2.20. The quantitative estimate of drug-likeness (QED) is 0.795. The number of aliphatic hydroxyl groups is 1. The van der Waals surface area contributed by atoms with Crippen molar-refractivity contribution in [3.8, 4) is 0 Å². The van der Waals surface area contributed by atoms with Gasteiger partial charge < -0.3 is 9.84 Å². The Morgan fingerprint density at radius 3 is 2.81 bits per heavy atom. The van der Waals surface area contributed by atoms with E-state index in [0.29, 0.717) is 11.5 Å². The summed E-state index contributed by atoms with van der Waals surface area (Å²) in [5.74, 6) is -0.00411. The van der Waals surface area contributed by atoms with Gasteiger partial charge in [-0.05, 0) is 36.5 Å². The summed E-state index contributed by atoms with van der Waals surface area (Å²) >= 11 is 0. The van der Waals surface area contributed by atoms with Crippen LogP contribution in [-0.2, 0) is 4.74 Å². The van der Waals surface area contributed by atoms with Crippen molar-refractivity contribution < 1.29 is 14.6 Å². The molecule has 0 heterocycles. The predicted molar refractivity (Wildman–Crippen MR) is 60.1 cm³/mol. The Morgan fingerprint density at radius 2 is 2.25 bits per heavy atom. The van der Waals surface area contributed by atoms with E-state index < -0.39 is 6.10 Å². The molecule has 1 atom stereocenters. The molecule has 1 aromatic carbocycles. The highest BCUT2D eigenvalue weighted by Gasteiger charge is 2.27. The highest BCUT2D eigenvalue weighted by atomic mass is 16.5. The first-order valence-corrected chi connectivity index (χ1v) is 5.58. The van der Waals surface area contributed by atoms with Crippen LogP contribution in [0.1, 0.15) is 41.3 Å². The fraction of sp³-hybridized carbons (Fsp3) is 0.462. The van der Waals surface area contributed by atoms with E-state index >= 15 is 0 Å². The molecule has 3 nitrogen and oxygen atoms in total. The van der Waals surface area contributed by atoms with E-state index in [2.05, 4.69) is 4.74 Å². The minimum Gasteiger partial charge on any atom is -0.465 e. The molecule has 1 aromatic rings. The molecule has 0 spiro atoms. The first kappa shape index (κ1) is 11.1. The second kappa shape index (κ2) is 4.66. The normalized spacial score (nSPS) is 17.6. The third kappa shape index (κ3) is 2.09. The van der Waals surface area contributed by atoms with Gasteiger partial charge in [0.05, 0.1) is 18.8 Å². The molecule has 0 radical (unpaired) electrons. The van der Waals surface area contributed by atoms with Crippen molar-refractivity contribution in [3.05, 3.63) is 35.4 Å². The standard InChI is InChI=1S/C13H16O3/c1-16-13(15)11-7-3-6-10(8-11)12(14)9-4-2-5-9/h3,6-9,12,14H,2,4-5H2,1H3. The third-order valence-electron chi connectivity index (χ3n) is 3.25. The summed E-state index contributed by atoms with van der Waals surface area (Å²) in [7, 11) is 1.36. The maximum absolute atomic E-state index is 11.3. The van der Waals surface area contributed by atoms with Crippen molar-refractivity contribution in [1.82, 2.24) is 0 Å². The molecular formula is C13H16O3. The van der Waals surface area contributed by atoms with E-state index in [1.165, 1.54) is 13.5 Å². The number of methoxy groups -OCH3 is 1. The highest BCUT2D eigenvalue weighted by molar-refractivity contribution is 5.89. The van der Waals surface area contributed by atoms with Gasteiger partial charge in [0, 0.05) is 0 Å². The van der Waals surface area contributed by atoms with Crippen LogP contribution in [0.3, 0.4) is 0 Å². The topological polar surface area (TPSA) is 46.5 Å². The van der Waals surface area contributed by atoms with Crippen LogP contribution in [0.15, 0.2) is 24.3 Å². The van der Waals surface area contributed by atoms with Gasteiger partial charge in [0.25, 0.3) is 0 Å². The monoisotopic (exact) mass is 220 g/mol. The van der Waals surface area contributed by atoms with Gasteiger partial charge in [0.2, 0.25) is 0 Å². The lowest BCUT2D eigenvalue weighted by molar-refractivity contribution is 0.0588. The van der Waals surface area contributed by atoms with E-state index in [4.69, 9.17) is 0 Å². The molecule has 1 fully saturated rings. The van der Waals surface area contributed by atoms with Gasteiger partial charge in [-0.3, -0.25) is 0 Å². The Hall–Kier alpha value is -1.35. The average molecular weight is 220 g/mol. The summed E-state index contributed by atoms with van der Waals surface area (Å²) in [5, 5.41) is 10.1. The number of aliphatic hydroxyl groups excluding tert-OH is 1. The number of esters is 1. The van der Waals surface area contributed by atoms with Gasteiger partial charge in [0.1, 0.15) is 0 Å². The molecule has 0 bridgehead atoms. The molecule has 1 N–H and O–H groups in total. The second-order valence-electron chi connectivity index (χ2n) is 4.25. The molecule has 0 amide bonds. The number of carbonyl (C=O) groups excluding carboxylic acids is 1. The summed E-state index contributed by atoms with van der Waals surface area (Å²) in [6, 6.07) is 7.05. The number of rotatable bonds is 3. The lowest BCUT2D eigenvalue weighted by atomic mass is 9.78. The van der Waals surface area contributed by atoms with E-state index in [0.717, 1.165) is 18.4 Å². The van der Waals surface area contributed by atoms with Crippen LogP contribution < -0.4 is 0 Å². The van der Waals surface area contributed by atoms with Crippen molar-refractivity contribution in [2.45, 2.75) is 25.4 Å². The molecule has 1 aliphatic rings. The van der Waals surface area contributed by atoms with E-state index in [1.807, 2.05) is 6.07 Å². The van der Waals surface area contributed by atoms with Crippen LogP contribution in [0.2, 0.25) is 0 Å². The minimum atomic E-state index is -0.446. The van der Waals surface area contributed by atoms with Gasteiger partial charge in [0.15, 0.2) is 0 Å². The number of ether oxygens (including phenoxy) is 1. The van der Waals surface area contributed by atoms with Crippen molar-refractivity contribution in [2.75, 3.05) is 7.11 Å². The van der Waals surface area contributed by atoms with Crippen LogP contribution in [0, 0.1) is 5.92 Å². The second-order valence-corrected chi connectivity index (χ2v) is 4.25. The fourth-order valence-corrected chi connectivity index (χ4v) is 2.00. The Balaban J connectivity index is 2.17. The lowest BCUT2D eigenvalue weighted by Gasteiger charge is -2.30. The van der Waals surface area contributed by atoms with E-state index in [1.54, 1.807) is 18.2 Å². The Morgan fingerprint density at radius 1 is 1.50 bits per heavy atom. The largest absolute Gasteiger partial charge is 0.465 e. The van der Waals surface area contributed by atoms with Crippen LogP contribution in [0.25, 0.3) is 0 Å². The molecule has 1 saturated carbocycles. The highest BCUT2D eigenvalue weighted by Crippen LogP contribution is 2.37. The molecule has 1 aliphatic carbocycles. The maximum Gasteiger partial charge on any atom is 0.337 e. The smallest absolute Gasteiger partial charge is 0.337 e. The summed E-state index contributed by atoms with van der Waals surface area (Å²) in [5.41, 5.74) is 1.31. The molecule has 0 aliphatic heterocycles. The van der Waals surface area contributed by atoms with Crippen LogP contribution in [0.5, 0.6) is 0 Å². The van der Waals surface area contributed by atoms with E-state index in [-0.39, 0.29) is 5.97 Å². The summed E-state index contributed by atoms with van der Waals surface area (Å²) in [6.07, 6.45) is 2.89. The summed E-state index contributed by atoms with van der Waals surface area (Å²) in [4.78, 5) is 11.3. The number of carbonyl (C=O) groups is 1. The van der Waals surface area contributed by atoms with Crippen LogP contribution in [-0.4, -0.2) is 18.2 Å². The summed E-state index contributed by atoms with van der Waals surface area (Å²) in [6.45, 7) is 0. The minimum absolute atomic E-state index is 0.355. The first-order valence-electron chi connectivity index (χ1n) is 5.58. The molecule has 3 heteroatoms. The van der Waals surface area contributed by atoms with Crippen molar-refractivity contribution >= 4 is 5.97 Å². The fourth-order valence-electron chi connectivity index (χ4n) is 2.00. The van der Waals surface area contributed by atoms with Gasteiger partial charge in [-0.2, -0.15) is 0 Å². The van der Waals surface area contributed by atoms with Crippen molar-refractivity contribution in [3.63, 3.8) is 0 Å². The van der Waals surface area contributed by atoms with Crippen molar-refractivity contribution in [2.24, 2.45) is 5.92 Å². The third-order valence-corrected chi connectivity index (χ3v) is 3.25. The Labute approximate surface area is 95.0 Å². The molecule has 1 unspecified atom stereocenters. The zero-order chi connectivity index (χ0) is 11.5. The molecule has 16 heavy (non-hydrogen) atoms. The molecule has 0 saturated heterocycles. The van der Waals surface area contributed by atoms with Gasteiger partial charge in [-0.25, -0.2) is 4.79 Å². The number of hydrogen-bond acceptors (Lipinski definition) is 3.